The van der Waals surface area contributed by atoms with Gasteiger partial charge in [-0.05, 0) is 56.9 Å². The topological polar surface area (TPSA) is 69.7 Å². The van der Waals surface area contributed by atoms with E-state index in [-0.39, 0.29) is 46.0 Å². The summed E-state index contributed by atoms with van der Waals surface area (Å²) in [6, 6.07) is 0. The minimum atomic E-state index is -0.488. The van der Waals surface area contributed by atoms with Gasteiger partial charge < -0.3 is 9.47 Å². The van der Waals surface area contributed by atoms with Crippen LogP contribution in [0.15, 0.2) is 11.6 Å². The lowest BCUT2D eigenvalue weighted by Gasteiger charge is -2.61. The molecule has 2 saturated heterocycles. The molecule has 150 valence electrons. The normalized spacial score (nSPS) is 54.0. The summed E-state index contributed by atoms with van der Waals surface area (Å²) in [5.41, 5.74) is -0.0188. The van der Waals surface area contributed by atoms with Gasteiger partial charge in [0.05, 0.1) is 5.92 Å². The SMILES string of the molecule is CC12CCC(=O)C=C1CC1C(=O)OC23CCC2(C)C(CCC24CCC(=O)O4)C13. The predicted octanol–water partition coefficient (Wildman–Crippen LogP) is 3.50. The number of ether oxygens (including phenoxy) is 2. The smallest absolute Gasteiger partial charge is 0.310 e. The zero-order valence-corrected chi connectivity index (χ0v) is 16.7. The molecule has 2 aliphatic heterocycles. The summed E-state index contributed by atoms with van der Waals surface area (Å²) in [4.78, 5) is 37.2. The van der Waals surface area contributed by atoms with E-state index in [0.29, 0.717) is 25.2 Å². The van der Waals surface area contributed by atoms with Crippen LogP contribution in [0.1, 0.15) is 71.6 Å². The van der Waals surface area contributed by atoms with E-state index in [2.05, 4.69) is 13.8 Å². The summed E-state index contributed by atoms with van der Waals surface area (Å²) in [7, 11) is 0. The van der Waals surface area contributed by atoms with Gasteiger partial charge in [0.15, 0.2) is 5.78 Å². The molecule has 6 rings (SSSR count). The van der Waals surface area contributed by atoms with Crippen molar-refractivity contribution < 1.29 is 23.9 Å². The van der Waals surface area contributed by atoms with Gasteiger partial charge in [0.2, 0.25) is 0 Å². The third kappa shape index (κ3) is 1.66. The van der Waals surface area contributed by atoms with Crippen molar-refractivity contribution in [3.05, 3.63) is 11.6 Å². The molecule has 28 heavy (non-hydrogen) atoms. The Labute approximate surface area is 165 Å². The van der Waals surface area contributed by atoms with Crippen LogP contribution in [0, 0.1) is 28.6 Å². The maximum absolute atomic E-state index is 13.0. The minimum Gasteiger partial charge on any atom is -0.458 e. The second kappa shape index (κ2) is 4.91. The number of carbonyl (C=O) groups excluding carboxylic acids is 3. The van der Waals surface area contributed by atoms with Crippen molar-refractivity contribution in [2.45, 2.75) is 82.8 Å². The third-order valence-corrected chi connectivity index (χ3v) is 10.1. The summed E-state index contributed by atoms with van der Waals surface area (Å²) < 4.78 is 12.3. The van der Waals surface area contributed by atoms with Crippen LogP contribution in [0.2, 0.25) is 0 Å². The summed E-state index contributed by atoms with van der Waals surface area (Å²) in [6.07, 6.45) is 8.76. The first kappa shape index (κ1) is 17.2. The Balaban J connectivity index is 1.48. The molecule has 2 bridgehead atoms. The van der Waals surface area contributed by atoms with Crippen LogP contribution in [0.3, 0.4) is 0 Å². The Morgan fingerprint density at radius 2 is 1.79 bits per heavy atom. The number of hydrogen-bond acceptors (Lipinski definition) is 5. The predicted molar refractivity (Wildman–Crippen MR) is 99.0 cm³/mol. The lowest BCUT2D eigenvalue weighted by atomic mass is 9.43. The number of fused-ring (bicyclic) bond motifs is 3. The largest absolute Gasteiger partial charge is 0.458 e. The van der Waals surface area contributed by atoms with Crippen LogP contribution in [0.25, 0.3) is 0 Å². The van der Waals surface area contributed by atoms with E-state index in [1.807, 2.05) is 6.08 Å². The van der Waals surface area contributed by atoms with Gasteiger partial charge in [-0.2, -0.15) is 0 Å². The van der Waals surface area contributed by atoms with Gasteiger partial charge in [-0.1, -0.05) is 19.4 Å². The molecule has 7 atom stereocenters. The lowest BCUT2D eigenvalue weighted by Crippen LogP contribution is -2.64. The number of carbonyl (C=O) groups is 3. The maximum Gasteiger partial charge on any atom is 0.310 e. The van der Waals surface area contributed by atoms with Crippen molar-refractivity contribution in [3.8, 4) is 0 Å². The number of ketones is 1. The number of esters is 2. The molecule has 5 fully saturated rings. The highest BCUT2D eigenvalue weighted by molar-refractivity contribution is 5.92. The van der Waals surface area contributed by atoms with Crippen LogP contribution < -0.4 is 0 Å². The summed E-state index contributed by atoms with van der Waals surface area (Å²) in [6.45, 7) is 4.54. The monoisotopic (exact) mass is 384 g/mol. The van der Waals surface area contributed by atoms with Crippen LogP contribution in [-0.2, 0) is 23.9 Å². The van der Waals surface area contributed by atoms with Gasteiger partial charge in [0.25, 0.3) is 0 Å². The Hall–Kier alpha value is -1.65. The Morgan fingerprint density at radius 3 is 2.54 bits per heavy atom. The van der Waals surface area contributed by atoms with E-state index in [4.69, 9.17) is 9.47 Å². The fourth-order valence-electron chi connectivity index (χ4n) is 8.52. The fourth-order valence-corrected chi connectivity index (χ4v) is 8.52. The van der Waals surface area contributed by atoms with Crippen LogP contribution in [0.4, 0.5) is 0 Å². The van der Waals surface area contributed by atoms with Gasteiger partial charge in [-0.3, -0.25) is 14.4 Å². The van der Waals surface area contributed by atoms with E-state index >= 15 is 0 Å². The molecule has 5 nitrogen and oxygen atoms in total. The van der Waals surface area contributed by atoms with E-state index in [9.17, 15) is 14.4 Å². The Bertz CT molecular complexity index is 859. The van der Waals surface area contributed by atoms with Crippen molar-refractivity contribution >= 4 is 17.7 Å². The zero-order valence-electron chi connectivity index (χ0n) is 16.7. The van der Waals surface area contributed by atoms with E-state index in [1.54, 1.807) is 0 Å². The maximum atomic E-state index is 13.0. The van der Waals surface area contributed by atoms with E-state index in [1.165, 1.54) is 0 Å². The van der Waals surface area contributed by atoms with Crippen molar-refractivity contribution in [1.82, 2.24) is 0 Å². The van der Waals surface area contributed by atoms with E-state index < -0.39 is 5.60 Å². The first-order valence-electron chi connectivity index (χ1n) is 10.9. The molecule has 0 radical (unpaired) electrons. The Morgan fingerprint density at radius 1 is 0.964 bits per heavy atom. The third-order valence-electron chi connectivity index (χ3n) is 10.1. The second-order valence-electron chi connectivity index (χ2n) is 10.6. The van der Waals surface area contributed by atoms with Crippen LogP contribution in [-0.4, -0.2) is 28.9 Å². The second-order valence-corrected chi connectivity index (χ2v) is 10.6. The average Bonchev–Trinajstić information content (AvgIpc) is 3.24. The summed E-state index contributed by atoms with van der Waals surface area (Å²) in [5.74, 6) is 0.411. The number of rotatable bonds is 0. The van der Waals surface area contributed by atoms with Crippen molar-refractivity contribution in [1.29, 1.82) is 0 Å². The quantitative estimate of drug-likeness (QED) is 0.598. The summed E-state index contributed by atoms with van der Waals surface area (Å²) >= 11 is 0. The van der Waals surface area contributed by atoms with Gasteiger partial charge in [-0.25, -0.2) is 0 Å². The molecule has 0 N–H and O–H groups in total. The fraction of sp³-hybridized carbons (Fsp3) is 0.783. The molecular weight excluding hydrogens is 356 g/mol. The molecular formula is C23H28O5. The minimum absolute atomic E-state index is 0.0657. The molecule has 0 aromatic rings. The molecule has 4 aliphatic carbocycles. The zero-order chi connectivity index (χ0) is 19.5. The van der Waals surface area contributed by atoms with Gasteiger partial charge >= 0.3 is 11.9 Å². The molecule has 5 heteroatoms. The highest BCUT2D eigenvalue weighted by atomic mass is 16.6. The first-order valence-corrected chi connectivity index (χ1v) is 10.9. The molecule has 2 heterocycles. The molecule has 0 aromatic heterocycles. The average molecular weight is 384 g/mol. The van der Waals surface area contributed by atoms with Crippen molar-refractivity contribution in [2.24, 2.45) is 28.6 Å². The lowest BCUT2D eigenvalue weighted by molar-refractivity contribution is -0.200. The molecule has 7 unspecified atom stereocenters. The molecule has 3 saturated carbocycles. The standard InChI is InChI=1S/C23H28O5/c1-20-6-3-14(24)11-13(20)12-15-18-16-4-7-22(8-5-17(25)27-22)21(16,2)9-10-23(18,20)28-19(15)26/h11,15-16,18H,3-10,12H2,1-2H3. The van der Waals surface area contributed by atoms with Crippen molar-refractivity contribution in [3.63, 3.8) is 0 Å². The van der Waals surface area contributed by atoms with Gasteiger partial charge in [0, 0.05) is 29.6 Å². The highest BCUT2D eigenvalue weighted by Gasteiger charge is 2.77. The molecule has 6 aliphatic rings. The molecule has 1 spiro atoms. The van der Waals surface area contributed by atoms with Crippen LogP contribution in [0.5, 0.6) is 0 Å². The molecule has 0 aromatic carbocycles. The van der Waals surface area contributed by atoms with Gasteiger partial charge in [0.1, 0.15) is 11.2 Å². The van der Waals surface area contributed by atoms with Crippen molar-refractivity contribution in [2.75, 3.05) is 0 Å². The number of hydrogen-bond donors (Lipinski definition) is 0. The van der Waals surface area contributed by atoms with Gasteiger partial charge in [-0.15, -0.1) is 0 Å². The summed E-state index contributed by atoms with van der Waals surface area (Å²) in [5, 5.41) is 0. The molecule has 0 amide bonds. The highest BCUT2D eigenvalue weighted by Crippen LogP contribution is 2.74. The Kier molecular flexibility index (Phi) is 3.02. The van der Waals surface area contributed by atoms with Crippen LogP contribution >= 0.6 is 0 Å². The first-order chi connectivity index (χ1) is 13.2. The van der Waals surface area contributed by atoms with E-state index in [0.717, 1.165) is 44.1 Å².